The number of hydrogen-bond acceptors (Lipinski definition) is 11. The standard InChI is InChI=1S/C34H35N5O7/c1-23(40)44-20-11-21-45-33(46-24(2)41)39-22-35-29-30(39)36-32(37-31(29)43-4)38-34(25-12-7-5-8-13-25,26-14-9-6-10-15-26)27-16-18-28(42-3)19-17-27/h5-10,12-19,22,33H,11,20-21H2,1-4H3,(H,36,37,38). The van der Waals surface area contributed by atoms with Gasteiger partial charge >= 0.3 is 11.9 Å². The van der Waals surface area contributed by atoms with E-state index in [0.717, 1.165) is 16.7 Å². The van der Waals surface area contributed by atoms with Gasteiger partial charge in [0.25, 0.3) is 6.41 Å². The maximum atomic E-state index is 12.1. The lowest BCUT2D eigenvalue weighted by Crippen LogP contribution is -2.38. The maximum absolute atomic E-state index is 12.1. The minimum atomic E-state index is -1.21. The van der Waals surface area contributed by atoms with E-state index in [9.17, 15) is 9.59 Å². The highest BCUT2D eigenvalue weighted by Crippen LogP contribution is 2.40. The second-order valence-corrected chi connectivity index (χ2v) is 10.2. The molecule has 1 N–H and O–H groups in total. The van der Waals surface area contributed by atoms with E-state index in [1.54, 1.807) is 7.11 Å². The highest BCUT2D eigenvalue weighted by molar-refractivity contribution is 5.78. The fourth-order valence-corrected chi connectivity index (χ4v) is 5.12. The zero-order chi connectivity index (χ0) is 32.5. The summed E-state index contributed by atoms with van der Waals surface area (Å²) in [6, 6.07) is 27.7. The smallest absolute Gasteiger partial charge is 0.306 e. The van der Waals surface area contributed by atoms with Crippen molar-refractivity contribution in [2.24, 2.45) is 0 Å². The Bertz CT molecular complexity index is 1720. The number of benzene rings is 3. The molecule has 0 saturated heterocycles. The van der Waals surface area contributed by atoms with Gasteiger partial charge in [-0.2, -0.15) is 9.97 Å². The molecule has 5 rings (SSSR count). The third kappa shape index (κ3) is 6.92. The minimum Gasteiger partial charge on any atom is -0.497 e. The lowest BCUT2D eigenvalue weighted by atomic mass is 9.77. The molecule has 5 aromatic rings. The molecule has 0 fully saturated rings. The van der Waals surface area contributed by atoms with Crippen LogP contribution in [0.4, 0.5) is 5.95 Å². The molecule has 238 valence electrons. The number of ether oxygens (including phenoxy) is 5. The number of fused-ring (bicyclic) bond motifs is 1. The van der Waals surface area contributed by atoms with Gasteiger partial charge in [-0.1, -0.05) is 72.8 Å². The fourth-order valence-electron chi connectivity index (χ4n) is 5.12. The summed E-state index contributed by atoms with van der Waals surface area (Å²) < 4.78 is 29.0. The van der Waals surface area contributed by atoms with Crippen molar-refractivity contribution >= 4 is 29.1 Å². The van der Waals surface area contributed by atoms with Crippen molar-refractivity contribution in [1.29, 1.82) is 0 Å². The van der Waals surface area contributed by atoms with Crippen molar-refractivity contribution < 1.29 is 33.3 Å². The van der Waals surface area contributed by atoms with Gasteiger partial charge in [0.1, 0.15) is 17.6 Å². The van der Waals surface area contributed by atoms with E-state index in [4.69, 9.17) is 33.7 Å². The van der Waals surface area contributed by atoms with E-state index in [2.05, 4.69) is 10.3 Å². The third-order valence-electron chi connectivity index (χ3n) is 7.17. The average molecular weight is 626 g/mol. The number of carbonyl (C=O) groups is 2. The number of aromatic nitrogens is 4. The molecule has 2 aromatic heterocycles. The van der Waals surface area contributed by atoms with Gasteiger partial charge < -0.3 is 29.0 Å². The van der Waals surface area contributed by atoms with Crippen molar-refractivity contribution in [1.82, 2.24) is 19.5 Å². The molecule has 46 heavy (non-hydrogen) atoms. The molecule has 2 heterocycles. The lowest BCUT2D eigenvalue weighted by Gasteiger charge is -2.37. The summed E-state index contributed by atoms with van der Waals surface area (Å²) in [7, 11) is 3.12. The normalized spacial score (nSPS) is 11.9. The van der Waals surface area contributed by atoms with Crippen molar-refractivity contribution in [3.8, 4) is 11.6 Å². The number of nitrogens with one attached hydrogen (secondary N) is 1. The summed E-state index contributed by atoms with van der Waals surface area (Å²) in [6.07, 6.45) is 0.617. The van der Waals surface area contributed by atoms with Gasteiger partial charge in [0.15, 0.2) is 11.2 Å². The Hall–Kier alpha value is -5.49. The first-order valence-corrected chi connectivity index (χ1v) is 14.6. The molecule has 12 nitrogen and oxygen atoms in total. The van der Waals surface area contributed by atoms with Crippen LogP contribution in [-0.2, 0) is 29.3 Å². The number of methoxy groups -OCH3 is 2. The zero-order valence-electron chi connectivity index (χ0n) is 26.0. The highest BCUT2D eigenvalue weighted by Gasteiger charge is 2.38. The number of anilines is 1. The van der Waals surface area contributed by atoms with Crippen LogP contribution in [0.15, 0.2) is 91.3 Å². The molecule has 0 bridgehead atoms. The van der Waals surface area contributed by atoms with Crippen LogP contribution in [0.3, 0.4) is 0 Å². The Morgan fingerprint density at radius 1 is 0.804 bits per heavy atom. The van der Waals surface area contributed by atoms with Crippen molar-refractivity contribution in [2.45, 2.75) is 32.2 Å². The molecule has 0 aliphatic heterocycles. The molecule has 0 aliphatic carbocycles. The van der Waals surface area contributed by atoms with E-state index in [1.165, 1.54) is 31.9 Å². The largest absolute Gasteiger partial charge is 0.497 e. The van der Waals surface area contributed by atoms with E-state index < -0.39 is 23.9 Å². The van der Waals surface area contributed by atoms with E-state index >= 15 is 0 Å². The second kappa shape index (κ2) is 14.5. The molecule has 0 amide bonds. The summed E-state index contributed by atoms with van der Waals surface area (Å²) in [5.74, 6) is 0.167. The quantitative estimate of drug-likeness (QED) is 0.0751. The first kappa shape index (κ1) is 31.9. The van der Waals surface area contributed by atoms with Gasteiger partial charge in [0, 0.05) is 20.3 Å². The Labute approximate surface area is 266 Å². The molecule has 1 unspecified atom stereocenters. The molecule has 3 aromatic carbocycles. The predicted octanol–water partition coefficient (Wildman–Crippen LogP) is 5.24. The molecule has 0 aliphatic rings. The number of nitrogens with zero attached hydrogens (tertiary/aromatic N) is 4. The van der Waals surface area contributed by atoms with Gasteiger partial charge in [0.05, 0.1) is 27.4 Å². The first-order chi connectivity index (χ1) is 22.3. The van der Waals surface area contributed by atoms with Gasteiger partial charge in [-0.3, -0.25) is 14.2 Å². The van der Waals surface area contributed by atoms with Crippen molar-refractivity contribution in [2.75, 3.05) is 32.8 Å². The molecule has 0 spiro atoms. The summed E-state index contributed by atoms with van der Waals surface area (Å²) in [4.78, 5) is 37.2. The third-order valence-corrected chi connectivity index (χ3v) is 7.17. The molecule has 0 radical (unpaired) electrons. The maximum Gasteiger partial charge on any atom is 0.306 e. The van der Waals surface area contributed by atoms with Crippen LogP contribution in [0.1, 0.15) is 43.4 Å². The SMILES string of the molecule is COc1ccc(C(Nc2nc(OC)c3ncn(C(OCCCOC(C)=O)OC(C)=O)c3n2)(c2ccccc2)c2ccccc2)cc1. The van der Waals surface area contributed by atoms with E-state index in [1.807, 2.05) is 84.9 Å². The Morgan fingerprint density at radius 3 is 2.00 bits per heavy atom. The monoisotopic (exact) mass is 625 g/mol. The number of esters is 2. The van der Waals surface area contributed by atoms with Crippen LogP contribution < -0.4 is 14.8 Å². The lowest BCUT2D eigenvalue weighted by molar-refractivity contribution is -0.199. The summed E-state index contributed by atoms with van der Waals surface area (Å²) in [5.41, 5.74) is 2.41. The van der Waals surface area contributed by atoms with Crippen LogP contribution in [-0.4, -0.2) is 58.9 Å². The predicted molar refractivity (Wildman–Crippen MR) is 169 cm³/mol. The average Bonchev–Trinajstić information content (AvgIpc) is 3.50. The highest BCUT2D eigenvalue weighted by atomic mass is 16.7. The molecular weight excluding hydrogens is 590 g/mol. The zero-order valence-corrected chi connectivity index (χ0v) is 26.0. The van der Waals surface area contributed by atoms with E-state index in [0.29, 0.717) is 23.3 Å². The Morgan fingerprint density at radius 2 is 1.43 bits per heavy atom. The van der Waals surface area contributed by atoms with E-state index in [-0.39, 0.29) is 25.0 Å². The summed E-state index contributed by atoms with van der Waals surface area (Å²) in [5, 5.41) is 3.63. The minimum absolute atomic E-state index is 0.126. The topological polar surface area (TPSA) is 136 Å². The van der Waals surface area contributed by atoms with Gasteiger partial charge in [0.2, 0.25) is 11.8 Å². The molecule has 1 atom stereocenters. The van der Waals surface area contributed by atoms with Crippen molar-refractivity contribution in [3.05, 3.63) is 108 Å². The van der Waals surface area contributed by atoms with Crippen LogP contribution >= 0.6 is 0 Å². The number of rotatable bonds is 14. The number of hydrogen-bond donors (Lipinski definition) is 1. The van der Waals surface area contributed by atoms with Gasteiger partial charge in [-0.15, -0.1) is 0 Å². The summed E-state index contributed by atoms with van der Waals surface area (Å²) >= 11 is 0. The molecule has 12 heteroatoms. The number of carbonyl (C=O) groups excluding carboxylic acids is 2. The van der Waals surface area contributed by atoms with Crippen LogP contribution in [0, 0.1) is 0 Å². The van der Waals surface area contributed by atoms with Gasteiger partial charge in [-0.05, 0) is 28.8 Å². The van der Waals surface area contributed by atoms with Gasteiger partial charge in [-0.25, -0.2) is 4.98 Å². The van der Waals surface area contributed by atoms with Crippen LogP contribution in [0.5, 0.6) is 11.6 Å². The number of imidazole rings is 1. The summed E-state index contributed by atoms with van der Waals surface area (Å²) in [6.45, 7) is 2.89. The first-order valence-electron chi connectivity index (χ1n) is 14.6. The molecular formula is C34H35N5O7. The van der Waals surface area contributed by atoms with Crippen LogP contribution in [0.25, 0.3) is 11.2 Å². The van der Waals surface area contributed by atoms with Crippen LogP contribution in [0.2, 0.25) is 0 Å². The second-order valence-electron chi connectivity index (χ2n) is 10.2. The van der Waals surface area contributed by atoms with Crippen molar-refractivity contribution in [3.63, 3.8) is 0 Å². The Balaban J connectivity index is 1.63. The Kier molecular flexibility index (Phi) is 10.1. The fraction of sp³-hybridized carbons (Fsp3) is 0.265. The molecule has 0 saturated carbocycles.